The maximum Gasteiger partial charge on any atom is 0.240 e. The van der Waals surface area contributed by atoms with Crippen LogP contribution in [0.1, 0.15) is 36.1 Å². The highest BCUT2D eigenvalue weighted by atomic mass is 16.5. The molecule has 0 aliphatic heterocycles. The average Bonchev–Trinajstić information content (AvgIpc) is 3.27. The quantitative estimate of drug-likeness (QED) is 0.584. The van der Waals surface area contributed by atoms with E-state index in [9.17, 15) is 0 Å². The predicted octanol–water partition coefficient (Wildman–Crippen LogP) is 2.55. The van der Waals surface area contributed by atoms with Crippen LogP contribution in [0.5, 0.6) is 0 Å². The van der Waals surface area contributed by atoms with E-state index in [4.69, 9.17) is 4.52 Å². The Bertz CT molecular complexity index is 962. The van der Waals surface area contributed by atoms with Crippen molar-refractivity contribution in [2.24, 2.45) is 0 Å². The lowest BCUT2D eigenvalue weighted by Gasteiger charge is -2.10. The molecule has 1 aromatic carbocycles. The van der Waals surface area contributed by atoms with Gasteiger partial charge in [0.2, 0.25) is 5.89 Å². The Morgan fingerprint density at radius 2 is 1.92 bits per heavy atom. The molecule has 0 aliphatic rings. The van der Waals surface area contributed by atoms with Gasteiger partial charge < -0.3 is 4.52 Å². The second-order valence-corrected chi connectivity index (χ2v) is 5.86. The Labute approximate surface area is 144 Å². The summed E-state index contributed by atoms with van der Waals surface area (Å²) in [4.78, 5) is 4.44. The molecule has 0 amide bonds. The summed E-state index contributed by atoms with van der Waals surface area (Å²) in [6.45, 7) is 2.51. The minimum Gasteiger partial charge on any atom is -0.338 e. The molecule has 0 fully saturated rings. The van der Waals surface area contributed by atoms with Gasteiger partial charge in [-0.1, -0.05) is 41.6 Å². The number of rotatable bonds is 6. The minimum absolute atomic E-state index is 0.00173. The second kappa shape index (κ2) is 6.82. The highest BCUT2D eigenvalue weighted by molar-refractivity contribution is 5.37. The van der Waals surface area contributed by atoms with Crippen LogP contribution in [-0.2, 0) is 13.0 Å². The highest BCUT2D eigenvalue weighted by Gasteiger charge is 2.14. The number of nitrogens with zero attached hydrogens (tertiary/aromatic N) is 5. The number of benzene rings is 1. The first-order valence-corrected chi connectivity index (χ1v) is 8.18. The SMILES string of the molecule is CC(NCc1nc(Cc2ccccc2)no1)c1nnc2ccccn12. The number of pyridine rings is 1. The molecule has 25 heavy (non-hydrogen) atoms. The van der Waals surface area contributed by atoms with E-state index in [2.05, 4.69) is 25.7 Å². The maximum atomic E-state index is 5.33. The highest BCUT2D eigenvalue weighted by Crippen LogP contribution is 2.13. The van der Waals surface area contributed by atoms with Crippen LogP contribution < -0.4 is 5.32 Å². The lowest BCUT2D eigenvalue weighted by Crippen LogP contribution is -2.20. The van der Waals surface area contributed by atoms with Crippen LogP contribution in [0.4, 0.5) is 0 Å². The summed E-state index contributed by atoms with van der Waals surface area (Å²) in [6.07, 6.45) is 2.61. The molecule has 1 atom stereocenters. The molecule has 7 nitrogen and oxygen atoms in total. The maximum absolute atomic E-state index is 5.33. The average molecular weight is 334 g/mol. The summed E-state index contributed by atoms with van der Waals surface area (Å²) in [5.41, 5.74) is 1.99. The van der Waals surface area contributed by atoms with E-state index in [0.29, 0.717) is 24.7 Å². The van der Waals surface area contributed by atoms with E-state index in [-0.39, 0.29) is 6.04 Å². The van der Waals surface area contributed by atoms with E-state index < -0.39 is 0 Å². The molecule has 1 N–H and O–H groups in total. The van der Waals surface area contributed by atoms with Crippen LogP contribution in [0.25, 0.3) is 5.65 Å². The van der Waals surface area contributed by atoms with Crippen LogP contribution in [0.3, 0.4) is 0 Å². The molecule has 0 bridgehead atoms. The zero-order chi connectivity index (χ0) is 17.1. The van der Waals surface area contributed by atoms with E-state index >= 15 is 0 Å². The van der Waals surface area contributed by atoms with E-state index in [0.717, 1.165) is 17.0 Å². The van der Waals surface area contributed by atoms with Gasteiger partial charge >= 0.3 is 0 Å². The zero-order valence-corrected chi connectivity index (χ0v) is 13.8. The van der Waals surface area contributed by atoms with Crippen molar-refractivity contribution in [3.63, 3.8) is 0 Å². The lowest BCUT2D eigenvalue weighted by atomic mass is 10.1. The van der Waals surface area contributed by atoms with Gasteiger partial charge in [-0.25, -0.2) is 0 Å². The summed E-state index contributed by atoms with van der Waals surface area (Å²) in [6, 6.07) is 15.9. The van der Waals surface area contributed by atoms with Gasteiger partial charge in [0.05, 0.1) is 12.6 Å². The van der Waals surface area contributed by atoms with Gasteiger partial charge in [0, 0.05) is 12.6 Å². The number of nitrogens with one attached hydrogen (secondary N) is 1. The predicted molar refractivity (Wildman–Crippen MR) is 91.8 cm³/mol. The Hall–Kier alpha value is -3.06. The van der Waals surface area contributed by atoms with Crippen LogP contribution in [0.2, 0.25) is 0 Å². The van der Waals surface area contributed by atoms with Crippen molar-refractivity contribution in [1.82, 2.24) is 30.1 Å². The first kappa shape index (κ1) is 15.5. The van der Waals surface area contributed by atoms with Crippen molar-refractivity contribution in [1.29, 1.82) is 0 Å². The molecule has 7 heteroatoms. The number of fused-ring (bicyclic) bond motifs is 1. The van der Waals surface area contributed by atoms with Crippen molar-refractivity contribution in [3.05, 3.63) is 77.8 Å². The van der Waals surface area contributed by atoms with Gasteiger partial charge in [-0.3, -0.25) is 9.72 Å². The molecule has 1 unspecified atom stereocenters. The van der Waals surface area contributed by atoms with Gasteiger partial charge in [-0.15, -0.1) is 10.2 Å². The van der Waals surface area contributed by atoms with Gasteiger partial charge in [0.25, 0.3) is 0 Å². The molecule has 4 aromatic rings. The lowest BCUT2D eigenvalue weighted by molar-refractivity contribution is 0.355. The van der Waals surface area contributed by atoms with E-state index in [1.54, 1.807) is 0 Å². The molecule has 0 aliphatic carbocycles. The van der Waals surface area contributed by atoms with Gasteiger partial charge in [-0.05, 0) is 24.6 Å². The monoisotopic (exact) mass is 334 g/mol. The van der Waals surface area contributed by atoms with Crippen molar-refractivity contribution < 1.29 is 4.52 Å². The molecule has 4 rings (SSSR count). The summed E-state index contributed by atoms with van der Waals surface area (Å²) >= 11 is 0. The van der Waals surface area contributed by atoms with Gasteiger partial charge in [0.15, 0.2) is 17.3 Å². The van der Waals surface area contributed by atoms with Gasteiger partial charge in [0.1, 0.15) is 0 Å². The van der Waals surface area contributed by atoms with Crippen molar-refractivity contribution in [2.45, 2.75) is 25.9 Å². The largest absolute Gasteiger partial charge is 0.338 e. The Balaban J connectivity index is 1.40. The Morgan fingerprint density at radius 3 is 2.80 bits per heavy atom. The first-order chi connectivity index (χ1) is 12.3. The van der Waals surface area contributed by atoms with Crippen LogP contribution >= 0.6 is 0 Å². The van der Waals surface area contributed by atoms with Crippen molar-refractivity contribution in [3.8, 4) is 0 Å². The van der Waals surface area contributed by atoms with E-state index in [1.807, 2.05) is 66.1 Å². The van der Waals surface area contributed by atoms with Crippen LogP contribution in [0, 0.1) is 0 Å². The third-order valence-corrected chi connectivity index (χ3v) is 4.00. The molecule has 126 valence electrons. The third-order valence-electron chi connectivity index (χ3n) is 4.00. The normalized spacial score (nSPS) is 12.5. The standard InChI is InChI=1S/C18H18N6O/c1-13(18-22-21-16-9-5-6-10-24(16)18)19-12-17-20-15(23-25-17)11-14-7-3-2-4-8-14/h2-10,13,19H,11-12H2,1H3. The number of aromatic nitrogens is 5. The summed E-state index contributed by atoms with van der Waals surface area (Å²) in [7, 11) is 0. The second-order valence-electron chi connectivity index (χ2n) is 5.86. The summed E-state index contributed by atoms with van der Waals surface area (Å²) in [5.74, 6) is 2.09. The minimum atomic E-state index is 0.00173. The molecular formula is C18H18N6O. The fraction of sp³-hybridized carbons (Fsp3) is 0.222. The Kier molecular flexibility index (Phi) is 4.22. The molecular weight excluding hydrogens is 316 g/mol. The van der Waals surface area contributed by atoms with Crippen LogP contribution in [0.15, 0.2) is 59.3 Å². The number of hydrogen-bond acceptors (Lipinski definition) is 6. The Morgan fingerprint density at radius 1 is 1.08 bits per heavy atom. The van der Waals surface area contributed by atoms with Gasteiger partial charge in [-0.2, -0.15) is 4.98 Å². The smallest absolute Gasteiger partial charge is 0.240 e. The van der Waals surface area contributed by atoms with Crippen LogP contribution in [-0.4, -0.2) is 24.7 Å². The topological polar surface area (TPSA) is 81.1 Å². The molecule has 0 spiro atoms. The fourth-order valence-electron chi connectivity index (χ4n) is 2.70. The third kappa shape index (κ3) is 3.41. The molecule has 3 heterocycles. The molecule has 0 radical (unpaired) electrons. The van der Waals surface area contributed by atoms with Crippen molar-refractivity contribution in [2.75, 3.05) is 0 Å². The molecule has 0 saturated carbocycles. The summed E-state index contributed by atoms with van der Waals surface area (Å²) < 4.78 is 7.29. The molecule has 0 saturated heterocycles. The first-order valence-electron chi connectivity index (χ1n) is 8.18. The molecule has 3 aromatic heterocycles. The van der Waals surface area contributed by atoms with Crippen molar-refractivity contribution >= 4 is 5.65 Å². The van der Waals surface area contributed by atoms with E-state index in [1.165, 1.54) is 0 Å². The zero-order valence-electron chi connectivity index (χ0n) is 13.8. The number of hydrogen-bond donors (Lipinski definition) is 1. The fourth-order valence-corrected chi connectivity index (χ4v) is 2.70. The summed E-state index contributed by atoms with van der Waals surface area (Å²) in [5, 5.41) is 15.8.